The highest BCUT2D eigenvalue weighted by molar-refractivity contribution is 9.10. The van der Waals surface area contributed by atoms with Crippen LogP contribution in [-0.2, 0) is 6.54 Å². The Morgan fingerprint density at radius 3 is 2.65 bits per heavy atom. The van der Waals surface area contributed by atoms with Crippen molar-refractivity contribution in [3.8, 4) is 0 Å². The lowest BCUT2D eigenvalue weighted by Crippen LogP contribution is -2.32. The zero-order valence-corrected chi connectivity index (χ0v) is 11.6. The van der Waals surface area contributed by atoms with E-state index in [0.29, 0.717) is 6.04 Å². The van der Waals surface area contributed by atoms with Crippen molar-refractivity contribution >= 4 is 15.9 Å². The lowest BCUT2D eigenvalue weighted by atomic mass is 10.2. The molecule has 0 spiro atoms. The molecule has 92 valence electrons. The third kappa shape index (κ3) is 3.09. The summed E-state index contributed by atoms with van der Waals surface area (Å²) in [4.78, 5) is 2.65. The highest BCUT2D eigenvalue weighted by Crippen LogP contribution is 2.29. The summed E-state index contributed by atoms with van der Waals surface area (Å²) in [7, 11) is 0. The maximum absolute atomic E-state index is 3.67. The van der Waals surface area contributed by atoms with Crippen LogP contribution < -0.4 is 5.32 Å². The first-order valence-corrected chi connectivity index (χ1v) is 7.32. The van der Waals surface area contributed by atoms with Gasteiger partial charge in [0.05, 0.1) is 0 Å². The van der Waals surface area contributed by atoms with Crippen molar-refractivity contribution in [3.63, 3.8) is 0 Å². The summed E-state index contributed by atoms with van der Waals surface area (Å²) >= 11 is 3.47. The third-order valence-corrected chi connectivity index (χ3v) is 4.32. The van der Waals surface area contributed by atoms with E-state index in [0.717, 1.165) is 17.1 Å². The van der Waals surface area contributed by atoms with Crippen LogP contribution in [0.2, 0.25) is 0 Å². The van der Waals surface area contributed by atoms with Crippen LogP contribution in [-0.4, -0.2) is 30.1 Å². The van der Waals surface area contributed by atoms with Crippen LogP contribution in [0.5, 0.6) is 0 Å². The van der Waals surface area contributed by atoms with Crippen molar-refractivity contribution in [2.75, 3.05) is 13.1 Å². The Kier molecular flexibility index (Phi) is 3.50. The van der Waals surface area contributed by atoms with Crippen LogP contribution in [0.25, 0.3) is 0 Å². The molecule has 2 nitrogen and oxygen atoms in total. The number of benzene rings is 1. The zero-order chi connectivity index (χ0) is 11.7. The van der Waals surface area contributed by atoms with Gasteiger partial charge in [-0.3, -0.25) is 4.90 Å². The van der Waals surface area contributed by atoms with E-state index in [1.807, 2.05) is 0 Å². The average Bonchev–Trinajstić information content (AvgIpc) is 3.09. The molecular formula is C14H19BrN2. The van der Waals surface area contributed by atoms with E-state index in [2.05, 4.69) is 50.4 Å². The molecule has 2 aliphatic rings. The first-order valence-electron chi connectivity index (χ1n) is 6.53. The van der Waals surface area contributed by atoms with Gasteiger partial charge in [-0.2, -0.15) is 0 Å². The Balaban J connectivity index is 1.46. The fourth-order valence-electron chi connectivity index (χ4n) is 2.59. The molecule has 1 atom stereocenters. The van der Waals surface area contributed by atoms with Gasteiger partial charge in [-0.25, -0.2) is 0 Å². The molecule has 0 radical (unpaired) electrons. The van der Waals surface area contributed by atoms with Crippen LogP contribution in [0.3, 0.4) is 0 Å². The summed E-state index contributed by atoms with van der Waals surface area (Å²) in [5, 5.41) is 3.67. The molecule has 1 aromatic carbocycles. The quantitative estimate of drug-likeness (QED) is 0.919. The van der Waals surface area contributed by atoms with Gasteiger partial charge >= 0.3 is 0 Å². The standard InChI is InChI=1S/C14H19BrN2/c15-12-3-1-11(2-4-12)9-16-13-7-8-17(10-13)14-5-6-14/h1-4,13-14,16H,5-10H2. The molecule has 17 heavy (non-hydrogen) atoms. The predicted octanol–water partition coefficient (Wildman–Crippen LogP) is 2.78. The fourth-order valence-corrected chi connectivity index (χ4v) is 2.85. The monoisotopic (exact) mass is 294 g/mol. The van der Waals surface area contributed by atoms with Crippen LogP contribution in [0.1, 0.15) is 24.8 Å². The first kappa shape index (κ1) is 11.7. The summed E-state index contributed by atoms with van der Waals surface area (Å²) in [5.41, 5.74) is 1.37. The van der Waals surface area contributed by atoms with Gasteiger partial charge in [-0.05, 0) is 37.0 Å². The Hall–Kier alpha value is -0.380. The van der Waals surface area contributed by atoms with Gasteiger partial charge < -0.3 is 5.32 Å². The molecule has 1 saturated carbocycles. The molecule has 0 aromatic heterocycles. The van der Waals surface area contributed by atoms with Crippen LogP contribution >= 0.6 is 15.9 Å². The SMILES string of the molecule is Brc1ccc(CNC2CCN(C3CC3)C2)cc1. The smallest absolute Gasteiger partial charge is 0.0210 e. The van der Waals surface area contributed by atoms with Gasteiger partial charge in [0, 0.05) is 36.2 Å². The van der Waals surface area contributed by atoms with Gasteiger partial charge in [-0.1, -0.05) is 28.1 Å². The highest BCUT2D eigenvalue weighted by atomic mass is 79.9. The Morgan fingerprint density at radius 1 is 1.18 bits per heavy atom. The van der Waals surface area contributed by atoms with Crippen molar-refractivity contribution in [2.45, 2.75) is 37.9 Å². The predicted molar refractivity (Wildman–Crippen MR) is 74.0 cm³/mol. The Labute approximate surface area is 112 Å². The molecule has 0 amide bonds. The number of hydrogen-bond donors (Lipinski definition) is 1. The first-order chi connectivity index (χ1) is 8.31. The fraction of sp³-hybridized carbons (Fsp3) is 0.571. The third-order valence-electron chi connectivity index (χ3n) is 3.79. The molecule has 0 bridgehead atoms. The molecule has 3 rings (SSSR count). The van der Waals surface area contributed by atoms with Gasteiger partial charge in [0.2, 0.25) is 0 Å². The van der Waals surface area contributed by atoms with Crippen molar-refractivity contribution in [1.82, 2.24) is 10.2 Å². The molecule has 2 fully saturated rings. The molecule has 1 N–H and O–H groups in total. The lowest BCUT2D eigenvalue weighted by Gasteiger charge is -2.15. The second-order valence-corrected chi connectivity index (χ2v) is 6.13. The second kappa shape index (κ2) is 5.09. The summed E-state index contributed by atoms with van der Waals surface area (Å²) < 4.78 is 1.15. The van der Waals surface area contributed by atoms with E-state index in [1.165, 1.54) is 37.9 Å². The average molecular weight is 295 g/mol. The largest absolute Gasteiger partial charge is 0.309 e. The summed E-state index contributed by atoms with van der Waals surface area (Å²) in [6.45, 7) is 3.54. The number of rotatable bonds is 4. The Bertz CT molecular complexity index is 372. The number of halogens is 1. The maximum Gasteiger partial charge on any atom is 0.0210 e. The van der Waals surface area contributed by atoms with Gasteiger partial charge in [0.25, 0.3) is 0 Å². The minimum atomic E-state index is 0.694. The topological polar surface area (TPSA) is 15.3 Å². The van der Waals surface area contributed by atoms with Gasteiger partial charge in [0.1, 0.15) is 0 Å². The van der Waals surface area contributed by atoms with Crippen molar-refractivity contribution in [2.24, 2.45) is 0 Å². The van der Waals surface area contributed by atoms with E-state index in [1.54, 1.807) is 0 Å². The van der Waals surface area contributed by atoms with Gasteiger partial charge in [0.15, 0.2) is 0 Å². The summed E-state index contributed by atoms with van der Waals surface area (Å²) in [6, 6.07) is 10.2. The van der Waals surface area contributed by atoms with E-state index >= 15 is 0 Å². The van der Waals surface area contributed by atoms with Crippen LogP contribution in [0.15, 0.2) is 28.7 Å². The number of nitrogens with one attached hydrogen (secondary N) is 1. The zero-order valence-electron chi connectivity index (χ0n) is 10.0. The molecule has 1 heterocycles. The minimum absolute atomic E-state index is 0.694. The van der Waals surface area contributed by atoms with E-state index < -0.39 is 0 Å². The van der Waals surface area contributed by atoms with Crippen molar-refractivity contribution < 1.29 is 0 Å². The number of nitrogens with zero attached hydrogens (tertiary/aromatic N) is 1. The maximum atomic E-state index is 3.67. The number of hydrogen-bond acceptors (Lipinski definition) is 2. The molecule has 1 unspecified atom stereocenters. The minimum Gasteiger partial charge on any atom is -0.309 e. The van der Waals surface area contributed by atoms with E-state index in [4.69, 9.17) is 0 Å². The van der Waals surface area contributed by atoms with E-state index in [-0.39, 0.29) is 0 Å². The van der Waals surface area contributed by atoms with Crippen LogP contribution in [0.4, 0.5) is 0 Å². The lowest BCUT2D eigenvalue weighted by molar-refractivity contribution is 0.317. The highest BCUT2D eigenvalue weighted by Gasteiger charge is 2.33. The molecule has 1 saturated heterocycles. The Morgan fingerprint density at radius 2 is 1.94 bits per heavy atom. The second-order valence-electron chi connectivity index (χ2n) is 5.22. The van der Waals surface area contributed by atoms with E-state index in [9.17, 15) is 0 Å². The van der Waals surface area contributed by atoms with Crippen LogP contribution in [0, 0.1) is 0 Å². The molecule has 1 aliphatic carbocycles. The molecular weight excluding hydrogens is 276 g/mol. The normalized spacial score (nSPS) is 25.4. The molecule has 3 heteroatoms. The molecule has 1 aromatic rings. The van der Waals surface area contributed by atoms with Crippen molar-refractivity contribution in [3.05, 3.63) is 34.3 Å². The van der Waals surface area contributed by atoms with Gasteiger partial charge in [-0.15, -0.1) is 0 Å². The van der Waals surface area contributed by atoms with Crippen molar-refractivity contribution in [1.29, 1.82) is 0 Å². The summed E-state index contributed by atoms with van der Waals surface area (Å²) in [6.07, 6.45) is 4.17. The summed E-state index contributed by atoms with van der Waals surface area (Å²) in [5.74, 6) is 0. The molecule has 1 aliphatic heterocycles. The number of likely N-dealkylation sites (tertiary alicyclic amines) is 1.